The fourth-order valence-corrected chi connectivity index (χ4v) is 3.04. The normalized spacial score (nSPS) is 10.9. The first-order chi connectivity index (χ1) is 12.5. The number of ether oxygens (including phenoxy) is 1. The molecular weight excluding hydrogens is 338 g/mol. The van der Waals surface area contributed by atoms with Crippen LogP contribution in [0.5, 0.6) is 5.75 Å². The van der Waals surface area contributed by atoms with E-state index in [4.69, 9.17) is 4.74 Å². The Morgan fingerprint density at radius 1 is 1.19 bits per heavy atom. The average molecular weight is 358 g/mol. The van der Waals surface area contributed by atoms with Gasteiger partial charge in [0.1, 0.15) is 17.4 Å². The second-order valence-corrected chi connectivity index (χ2v) is 6.16. The van der Waals surface area contributed by atoms with E-state index in [0.717, 1.165) is 28.6 Å². The van der Waals surface area contributed by atoms with Gasteiger partial charge in [-0.25, -0.2) is 8.78 Å². The summed E-state index contributed by atoms with van der Waals surface area (Å²) in [5.74, 6) is -0.592. The summed E-state index contributed by atoms with van der Waals surface area (Å²) >= 11 is 0. The minimum atomic E-state index is -0.613. The maximum Gasteiger partial charge on any atom is 0.224 e. The van der Waals surface area contributed by atoms with Crippen LogP contribution in [0.1, 0.15) is 16.8 Å². The predicted molar refractivity (Wildman–Crippen MR) is 96.4 cm³/mol. The van der Waals surface area contributed by atoms with E-state index >= 15 is 0 Å². The lowest BCUT2D eigenvalue weighted by molar-refractivity contribution is -0.120. The standard InChI is InChI=1S/C20H20F2N2O2/c1-12-16(17-10-14(21)11-18(22)20(17)24-12)7-8-23-19(25)9-13-3-5-15(26-2)6-4-13/h3-6,10-11,24H,7-9H2,1-2H3,(H,23,25). The minimum Gasteiger partial charge on any atom is -0.497 e. The molecule has 0 aliphatic heterocycles. The molecule has 3 rings (SSSR count). The largest absolute Gasteiger partial charge is 0.497 e. The maximum absolute atomic E-state index is 13.8. The molecule has 0 radical (unpaired) electrons. The van der Waals surface area contributed by atoms with Crippen LogP contribution in [0.15, 0.2) is 36.4 Å². The molecule has 1 amide bonds. The number of aryl methyl sites for hydroxylation is 1. The van der Waals surface area contributed by atoms with Gasteiger partial charge in [-0.1, -0.05) is 12.1 Å². The Bertz CT molecular complexity index is 933. The third kappa shape index (κ3) is 3.85. The summed E-state index contributed by atoms with van der Waals surface area (Å²) in [6.07, 6.45) is 0.753. The molecule has 0 spiro atoms. The van der Waals surface area contributed by atoms with Gasteiger partial charge in [0.15, 0.2) is 0 Å². The number of aromatic amines is 1. The summed E-state index contributed by atoms with van der Waals surface area (Å²) in [4.78, 5) is 15.0. The summed E-state index contributed by atoms with van der Waals surface area (Å²) in [7, 11) is 1.59. The van der Waals surface area contributed by atoms with Crippen molar-refractivity contribution >= 4 is 16.8 Å². The first kappa shape index (κ1) is 17.9. The molecule has 0 atom stereocenters. The molecule has 1 aromatic heterocycles. The lowest BCUT2D eigenvalue weighted by Gasteiger charge is -2.07. The summed E-state index contributed by atoms with van der Waals surface area (Å²) in [5.41, 5.74) is 2.76. The molecular formula is C20H20F2N2O2. The van der Waals surface area contributed by atoms with Crippen molar-refractivity contribution in [1.29, 1.82) is 0 Å². The molecule has 26 heavy (non-hydrogen) atoms. The van der Waals surface area contributed by atoms with Crippen molar-refractivity contribution < 1.29 is 18.3 Å². The van der Waals surface area contributed by atoms with E-state index in [1.807, 2.05) is 19.1 Å². The van der Waals surface area contributed by atoms with Crippen LogP contribution in [0.3, 0.4) is 0 Å². The molecule has 2 aromatic carbocycles. The lowest BCUT2D eigenvalue weighted by Crippen LogP contribution is -2.27. The van der Waals surface area contributed by atoms with Gasteiger partial charge in [-0.15, -0.1) is 0 Å². The molecule has 0 aliphatic carbocycles. The monoisotopic (exact) mass is 358 g/mol. The highest BCUT2D eigenvalue weighted by Crippen LogP contribution is 2.25. The SMILES string of the molecule is COc1ccc(CC(=O)NCCc2c(C)[nH]c3c(F)cc(F)cc23)cc1. The quantitative estimate of drug-likeness (QED) is 0.706. The second-order valence-electron chi connectivity index (χ2n) is 6.16. The molecule has 0 saturated heterocycles. The summed E-state index contributed by atoms with van der Waals surface area (Å²) in [6.45, 7) is 2.20. The smallest absolute Gasteiger partial charge is 0.224 e. The van der Waals surface area contributed by atoms with E-state index in [1.54, 1.807) is 19.2 Å². The van der Waals surface area contributed by atoms with Gasteiger partial charge in [0.2, 0.25) is 5.91 Å². The van der Waals surface area contributed by atoms with Gasteiger partial charge in [0.05, 0.1) is 19.0 Å². The van der Waals surface area contributed by atoms with Gasteiger partial charge in [-0.3, -0.25) is 4.79 Å². The predicted octanol–water partition coefficient (Wildman–Crippen LogP) is 3.66. The molecule has 136 valence electrons. The van der Waals surface area contributed by atoms with Crippen LogP contribution in [0.2, 0.25) is 0 Å². The van der Waals surface area contributed by atoms with Crippen LogP contribution in [0.4, 0.5) is 8.78 Å². The average Bonchev–Trinajstić information content (AvgIpc) is 2.92. The first-order valence-corrected chi connectivity index (χ1v) is 8.33. The molecule has 0 saturated carbocycles. The number of fused-ring (bicyclic) bond motifs is 1. The highest BCUT2D eigenvalue weighted by molar-refractivity contribution is 5.85. The van der Waals surface area contributed by atoms with Crippen molar-refractivity contribution in [3.8, 4) is 5.75 Å². The lowest BCUT2D eigenvalue weighted by atomic mass is 10.1. The zero-order valence-corrected chi connectivity index (χ0v) is 14.7. The van der Waals surface area contributed by atoms with Crippen molar-refractivity contribution in [2.24, 2.45) is 0 Å². The van der Waals surface area contributed by atoms with Crippen LogP contribution in [-0.2, 0) is 17.6 Å². The van der Waals surface area contributed by atoms with E-state index in [9.17, 15) is 13.6 Å². The van der Waals surface area contributed by atoms with E-state index in [-0.39, 0.29) is 12.3 Å². The Morgan fingerprint density at radius 3 is 2.62 bits per heavy atom. The molecule has 0 fully saturated rings. The Hall–Kier alpha value is -2.89. The van der Waals surface area contributed by atoms with Gasteiger partial charge >= 0.3 is 0 Å². The highest BCUT2D eigenvalue weighted by atomic mass is 19.1. The van der Waals surface area contributed by atoms with E-state index < -0.39 is 11.6 Å². The topological polar surface area (TPSA) is 54.1 Å². The van der Waals surface area contributed by atoms with Crippen molar-refractivity contribution in [2.45, 2.75) is 19.8 Å². The highest BCUT2D eigenvalue weighted by Gasteiger charge is 2.13. The number of methoxy groups -OCH3 is 1. The van der Waals surface area contributed by atoms with Crippen molar-refractivity contribution in [3.05, 3.63) is 64.9 Å². The van der Waals surface area contributed by atoms with E-state index in [0.29, 0.717) is 23.9 Å². The van der Waals surface area contributed by atoms with Crippen LogP contribution < -0.4 is 10.1 Å². The van der Waals surface area contributed by atoms with Crippen LogP contribution in [0.25, 0.3) is 10.9 Å². The van der Waals surface area contributed by atoms with Crippen LogP contribution >= 0.6 is 0 Å². The Balaban J connectivity index is 1.61. The summed E-state index contributed by atoms with van der Waals surface area (Å²) < 4.78 is 32.4. The second kappa shape index (κ2) is 7.56. The van der Waals surface area contributed by atoms with Crippen LogP contribution in [-0.4, -0.2) is 24.5 Å². The molecule has 2 N–H and O–H groups in total. The number of nitrogens with one attached hydrogen (secondary N) is 2. The third-order valence-electron chi connectivity index (χ3n) is 4.37. The number of hydrogen-bond acceptors (Lipinski definition) is 2. The number of hydrogen-bond donors (Lipinski definition) is 2. The summed E-state index contributed by atoms with van der Waals surface area (Å²) in [6, 6.07) is 9.47. The van der Waals surface area contributed by atoms with Gasteiger partial charge < -0.3 is 15.0 Å². The maximum atomic E-state index is 13.8. The number of amides is 1. The van der Waals surface area contributed by atoms with Crippen molar-refractivity contribution in [1.82, 2.24) is 10.3 Å². The number of carbonyl (C=O) groups is 1. The van der Waals surface area contributed by atoms with Crippen LogP contribution in [0, 0.1) is 18.6 Å². The van der Waals surface area contributed by atoms with Crippen molar-refractivity contribution in [2.75, 3.05) is 13.7 Å². The van der Waals surface area contributed by atoms with Gasteiger partial charge in [-0.2, -0.15) is 0 Å². The fourth-order valence-electron chi connectivity index (χ4n) is 3.04. The molecule has 6 heteroatoms. The third-order valence-corrected chi connectivity index (χ3v) is 4.37. The van der Waals surface area contributed by atoms with Gasteiger partial charge in [0, 0.05) is 23.7 Å². The zero-order valence-electron chi connectivity index (χ0n) is 14.7. The first-order valence-electron chi connectivity index (χ1n) is 8.33. The van der Waals surface area contributed by atoms with E-state index in [2.05, 4.69) is 10.3 Å². The summed E-state index contributed by atoms with van der Waals surface area (Å²) in [5, 5.41) is 3.37. The molecule has 1 heterocycles. The zero-order chi connectivity index (χ0) is 18.7. The molecule has 3 aromatic rings. The number of aromatic nitrogens is 1. The molecule has 0 bridgehead atoms. The number of halogens is 2. The molecule has 0 aliphatic rings. The van der Waals surface area contributed by atoms with Gasteiger partial charge in [0.25, 0.3) is 0 Å². The Morgan fingerprint density at radius 2 is 1.92 bits per heavy atom. The number of carbonyl (C=O) groups excluding carboxylic acids is 1. The molecule has 0 unspecified atom stereocenters. The van der Waals surface area contributed by atoms with E-state index in [1.165, 1.54) is 6.07 Å². The molecule has 4 nitrogen and oxygen atoms in total. The van der Waals surface area contributed by atoms with Gasteiger partial charge in [-0.05, 0) is 42.7 Å². The Labute approximate surface area is 150 Å². The number of rotatable bonds is 6. The number of H-pyrrole nitrogens is 1. The van der Waals surface area contributed by atoms with Crippen molar-refractivity contribution in [3.63, 3.8) is 0 Å². The number of benzene rings is 2. The fraction of sp³-hybridized carbons (Fsp3) is 0.250. The minimum absolute atomic E-state index is 0.106. The Kier molecular flexibility index (Phi) is 5.21.